The van der Waals surface area contributed by atoms with Crippen molar-refractivity contribution >= 4 is 53.0 Å². The van der Waals surface area contributed by atoms with Crippen molar-refractivity contribution in [1.82, 2.24) is 0 Å². The van der Waals surface area contributed by atoms with Crippen LogP contribution in [0.25, 0.3) is 0 Å². The van der Waals surface area contributed by atoms with Crippen molar-refractivity contribution in [3.8, 4) is 5.75 Å². The third kappa shape index (κ3) is 7.41. The number of phenols is 1. The molecule has 0 fully saturated rings. The number of anilines is 1. The predicted octanol–water partition coefficient (Wildman–Crippen LogP) is 4.16. The van der Waals surface area contributed by atoms with Crippen molar-refractivity contribution in [2.24, 2.45) is 0 Å². The third-order valence-corrected chi connectivity index (χ3v) is 4.91. The molecule has 1 amide bonds. The lowest BCUT2D eigenvalue weighted by molar-refractivity contribution is -0.141. The van der Waals surface area contributed by atoms with Crippen LogP contribution in [0.15, 0.2) is 48.5 Å². The number of ether oxygens (including phenoxy) is 3. The molecule has 0 spiro atoms. The number of benzene rings is 2. The van der Waals surface area contributed by atoms with Crippen molar-refractivity contribution in [3.05, 3.63) is 57.7 Å². The van der Waals surface area contributed by atoms with Gasteiger partial charge in [-0.25, -0.2) is 4.79 Å². The average molecular weight is 531 g/mol. The summed E-state index contributed by atoms with van der Waals surface area (Å²) >= 11 is 5.96. The van der Waals surface area contributed by atoms with Crippen molar-refractivity contribution in [1.29, 1.82) is 0 Å². The molecule has 2 aromatic carbocycles. The van der Waals surface area contributed by atoms with Gasteiger partial charge < -0.3 is 19.3 Å². The van der Waals surface area contributed by atoms with Crippen LogP contribution in [-0.4, -0.2) is 42.7 Å². The Hall–Kier alpha value is -1.98. The van der Waals surface area contributed by atoms with Gasteiger partial charge in [-0.2, -0.15) is 12.6 Å². The quantitative estimate of drug-likeness (QED) is 0.256. The first-order chi connectivity index (χ1) is 13.9. The lowest BCUT2D eigenvalue weighted by Crippen LogP contribution is -2.29. The standard InChI is InChI=1S/C20H22INO6S/c1-26-17(9-10-27-18(24)12-29)19(15-11-13(21)7-8-16(15)23)28-20(25)22-14-5-3-2-4-6-14/h2-8,11,17,19,23,29H,9-10,12H2,1H3,(H,22,25)/t17-,19-/m1/s1. The van der Waals surface area contributed by atoms with Gasteiger partial charge in [-0.15, -0.1) is 0 Å². The van der Waals surface area contributed by atoms with Crippen LogP contribution in [0.3, 0.4) is 0 Å². The number of phenolic OH excluding ortho intramolecular Hbond substituents is 1. The second kappa shape index (κ2) is 11.9. The number of hydrogen-bond acceptors (Lipinski definition) is 7. The summed E-state index contributed by atoms with van der Waals surface area (Å²) in [6.45, 7) is 0.0583. The van der Waals surface area contributed by atoms with Crippen LogP contribution in [0.2, 0.25) is 0 Å². The highest BCUT2D eigenvalue weighted by Gasteiger charge is 2.30. The number of amides is 1. The van der Waals surface area contributed by atoms with Crippen LogP contribution < -0.4 is 5.32 Å². The molecule has 0 bridgehead atoms. The fourth-order valence-corrected chi connectivity index (χ4v) is 3.21. The normalized spacial score (nSPS) is 12.7. The smallest absolute Gasteiger partial charge is 0.412 e. The number of methoxy groups -OCH3 is 1. The number of rotatable bonds is 9. The maximum atomic E-state index is 12.5. The molecule has 9 heteroatoms. The summed E-state index contributed by atoms with van der Waals surface area (Å²) in [5.74, 6) is -0.522. The fourth-order valence-electron chi connectivity index (χ4n) is 2.60. The first kappa shape index (κ1) is 23.3. The molecule has 0 radical (unpaired) electrons. The summed E-state index contributed by atoms with van der Waals surface area (Å²) in [7, 11) is 1.46. The zero-order valence-corrected chi connectivity index (χ0v) is 18.8. The highest BCUT2D eigenvalue weighted by Crippen LogP contribution is 2.33. The lowest BCUT2D eigenvalue weighted by atomic mass is 10.0. The summed E-state index contributed by atoms with van der Waals surface area (Å²) in [5, 5.41) is 13.0. The van der Waals surface area contributed by atoms with E-state index in [1.807, 2.05) is 6.07 Å². The molecule has 0 saturated carbocycles. The molecular weight excluding hydrogens is 509 g/mol. The Balaban J connectivity index is 2.20. The first-order valence-corrected chi connectivity index (χ1v) is 10.5. The van der Waals surface area contributed by atoms with Crippen LogP contribution in [0.1, 0.15) is 18.1 Å². The number of para-hydroxylation sites is 1. The van der Waals surface area contributed by atoms with Crippen molar-refractivity contribution in [3.63, 3.8) is 0 Å². The van der Waals surface area contributed by atoms with Gasteiger partial charge in [0, 0.05) is 28.4 Å². The van der Waals surface area contributed by atoms with E-state index in [1.165, 1.54) is 13.2 Å². The number of aromatic hydroxyl groups is 1. The number of halogens is 1. The lowest BCUT2D eigenvalue weighted by Gasteiger charge is -2.27. The minimum Gasteiger partial charge on any atom is -0.508 e. The van der Waals surface area contributed by atoms with E-state index in [2.05, 4.69) is 40.5 Å². The molecular formula is C20H22INO6S. The van der Waals surface area contributed by atoms with E-state index in [-0.39, 0.29) is 24.5 Å². The minimum absolute atomic E-state index is 0.0302. The fraction of sp³-hybridized carbons (Fsp3) is 0.300. The highest BCUT2D eigenvalue weighted by atomic mass is 127. The zero-order chi connectivity index (χ0) is 21.2. The van der Waals surface area contributed by atoms with Gasteiger partial charge >= 0.3 is 12.1 Å². The molecule has 2 rings (SSSR count). The van der Waals surface area contributed by atoms with Gasteiger partial charge in [0.2, 0.25) is 0 Å². The highest BCUT2D eigenvalue weighted by molar-refractivity contribution is 14.1. The number of hydrogen-bond donors (Lipinski definition) is 3. The number of nitrogens with one attached hydrogen (secondary N) is 1. The first-order valence-electron chi connectivity index (χ1n) is 8.75. The molecule has 0 unspecified atom stereocenters. The van der Waals surface area contributed by atoms with Crippen LogP contribution in [0.4, 0.5) is 10.5 Å². The summed E-state index contributed by atoms with van der Waals surface area (Å²) in [6.07, 6.45) is -2.03. The van der Waals surface area contributed by atoms with Crippen LogP contribution in [0, 0.1) is 3.57 Å². The van der Waals surface area contributed by atoms with Crippen LogP contribution >= 0.6 is 35.2 Å². The number of thiol groups is 1. The van der Waals surface area contributed by atoms with E-state index in [4.69, 9.17) is 14.2 Å². The number of carbonyl (C=O) groups excluding carboxylic acids is 2. The van der Waals surface area contributed by atoms with Gasteiger partial charge in [0.15, 0.2) is 6.10 Å². The monoisotopic (exact) mass is 531 g/mol. The predicted molar refractivity (Wildman–Crippen MR) is 120 cm³/mol. The Morgan fingerprint density at radius 2 is 1.93 bits per heavy atom. The molecule has 0 aliphatic carbocycles. The zero-order valence-electron chi connectivity index (χ0n) is 15.7. The average Bonchev–Trinajstić information content (AvgIpc) is 2.72. The summed E-state index contributed by atoms with van der Waals surface area (Å²) < 4.78 is 17.0. The molecule has 0 aliphatic rings. The van der Waals surface area contributed by atoms with E-state index < -0.39 is 24.3 Å². The maximum absolute atomic E-state index is 12.5. The largest absolute Gasteiger partial charge is 0.508 e. The number of carbonyl (C=O) groups is 2. The summed E-state index contributed by atoms with van der Waals surface area (Å²) in [6, 6.07) is 13.8. The topological polar surface area (TPSA) is 94.1 Å². The Kier molecular flexibility index (Phi) is 9.55. The Bertz CT molecular complexity index is 820. The van der Waals surface area contributed by atoms with E-state index in [0.717, 1.165) is 3.57 Å². The molecule has 2 N–H and O–H groups in total. The van der Waals surface area contributed by atoms with Gasteiger partial charge in [0.25, 0.3) is 0 Å². The molecule has 156 valence electrons. The van der Waals surface area contributed by atoms with Crippen LogP contribution in [-0.2, 0) is 19.0 Å². The second-order valence-corrected chi connectivity index (χ2v) is 7.52. The Labute approximate surface area is 188 Å². The van der Waals surface area contributed by atoms with Crippen molar-refractivity contribution < 1.29 is 28.9 Å². The van der Waals surface area contributed by atoms with E-state index in [9.17, 15) is 14.7 Å². The molecule has 2 aromatic rings. The molecule has 0 aromatic heterocycles. The molecule has 7 nitrogen and oxygen atoms in total. The molecule has 2 atom stereocenters. The van der Waals surface area contributed by atoms with E-state index in [1.54, 1.807) is 36.4 Å². The summed E-state index contributed by atoms with van der Waals surface area (Å²) in [5.41, 5.74) is 0.965. The molecule has 0 saturated heterocycles. The van der Waals surface area contributed by atoms with Gasteiger partial charge in [-0.05, 0) is 52.9 Å². The van der Waals surface area contributed by atoms with E-state index >= 15 is 0 Å². The molecule has 0 aliphatic heterocycles. The second-order valence-electron chi connectivity index (χ2n) is 5.96. The third-order valence-electron chi connectivity index (χ3n) is 3.99. The van der Waals surface area contributed by atoms with E-state index in [0.29, 0.717) is 11.3 Å². The SMILES string of the molecule is CO[C@H](CCOC(=O)CS)[C@H](OC(=O)Nc1ccccc1)c1cc(I)ccc1O. The minimum atomic E-state index is -0.923. The van der Waals surface area contributed by atoms with Crippen molar-refractivity contribution in [2.45, 2.75) is 18.6 Å². The maximum Gasteiger partial charge on any atom is 0.412 e. The van der Waals surface area contributed by atoms with Gasteiger partial charge in [-0.1, -0.05) is 18.2 Å². The van der Waals surface area contributed by atoms with Crippen molar-refractivity contribution in [2.75, 3.05) is 24.8 Å². The number of esters is 1. The Morgan fingerprint density at radius 3 is 2.59 bits per heavy atom. The van der Waals surface area contributed by atoms with Gasteiger partial charge in [-0.3, -0.25) is 10.1 Å². The Morgan fingerprint density at radius 1 is 1.21 bits per heavy atom. The van der Waals surface area contributed by atoms with Crippen LogP contribution in [0.5, 0.6) is 5.75 Å². The molecule has 0 heterocycles. The van der Waals surface area contributed by atoms with Gasteiger partial charge in [0.1, 0.15) is 11.9 Å². The summed E-state index contributed by atoms with van der Waals surface area (Å²) in [4.78, 5) is 23.8. The molecule has 29 heavy (non-hydrogen) atoms. The van der Waals surface area contributed by atoms with Gasteiger partial charge in [0.05, 0.1) is 12.4 Å².